The first-order valence-electron chi connectivity index (χ1n) is 7.60. The zero-order valence-electron chi connectivity index (χ0n) is 13.3. The molecule has 0 bridgehead atoms. The van der Waals surface area contributed by atoms with E-state index in [2.05, 4.69) is 24.1 Å². The summed E-state index contributed by atoms with van der Waals surface area (Å²) < 4.78 is 1.72. The van der Waals surface area contributed by atoms with Gasteiger partial charge in [0, 0.05) is 44.0 Å². The van der Waals surface area contributed by atoms with E-state index in [1.165, 1.54) is 6.92 Å². The molecule has 1 amide bonds. The molecule has 2 rings (SSSR count). The first kappa shape index (κ1) is 15.8. The maximum Gasteiger partial charge on any atom is 0.268 e. The molecule has 0 unspecified atom stereocenters. The number of nitrogens with zero attached hydrogens (tertiary/aromatic N) is 2. The molecule has 0 spiro atoms. The maximum atomic E-state index is 12.3. The van der Waals surface area contributed by atoms with Crippen molar-refractivity contribution in [3.8, 4) is 0 Å². The number of ketones is 1. The van der Waals surface area contributed by atoms with Gasteiger partial charge in [-0.2, -0.15) is 0 Å². The second-order valence-corrected chi connectivity index (χ2v) is 6.16. The summed E-state index contributed by atoms with van der Waals surface area (Å²) in [6.45, 7) is 7.96. The molecule has 1 saturated heterocycles. The number of nitrogens with one attached hydrogen (secondary N) is 1. The van der Waals surface area contributed by atoms with Crippen molar-refractivity contribution in [3.05, 3.63) is 23.5 Å². The van der Waals surface area contributed by atoms with Crippen LogP contribution in [0, 0.1) is 0 Å². The van der Waals surface area contributed by atoms with Crippen LogP contribution in [0.3, 0.4) is 0 Å². The number of aromatic nitrogens is 1. The first-order valence-corrected chi connectivity index (χ1v) is 7.60. The molecule has 5 nitrogen and oxygen atoms in total. The Balaban J connectivity index is 1.95. The van der Waals surface area contributed by atoms with E-state index in [0.717, 1.165) is 25.9 Å². The Morgan fingerprint density at radius 1 is 1.29 bits per heavy atom. The number of carbonyl (C=O) groups excluding carboxylic acids is 2. The molecule has 0 radical (unpaired) electrons. The monoisotopic (exact) mass is 291 g/mol. The van der Waals surface area contributed by atoms with Crippen LogP contribution in [0.4, 0.5) is 0 Å². The van der Waals surface area contributed by atoms with E-state index >= 15 is 0 Å². The largest absolute Gasteiger partial charge is 0.348 e. The van der Waals surface area contributed by atoms with Crippen molar-refractivity contribution in [2.45, 2.75) is 45.7 Å². The van der Waals surface area contributed by atoms with Gasteiger partial charge in [0.25, 0.3) is 5.91 Å². The van der Waals surface area contributed by atoms with Gasteiger partial charge in [-0.3, -0.25) is 9.59 Å². The Hall–Kier alpha value is -1.62. The highest BCUT2D eigenvalue weighted by atomic mass is 16.2. The second kappa shape index (κ2) is 6.43. The van der Waals surface area contributed by atoms with Gasteiger partial charge in [-0.25, -0.2) is 0 Å². The van der Waals surface area contributed by atoms with Gasteiger partial charge in [0.2, 0.25) is 0 Å². The Morgan fingerprint density at radius 2 is 1.90 bits per heavy atom. The second-order valence-electron chi connectivity index (χ2n) is 6.16. The highest BCUT2D eigenvalue weighted by molar-refractivity contribution is 5.99. The van der Waals surface area contributed by atoms with Gasteiger partial charge in [0.05, 0.1) is 0 Å². The molecule has 1 aromatic rings. The average molecular weight is 291 g/mol. The van der Waals surface area contributed by atoms with E-state index in [0.29, 0.717) is 17.3 Å². The number of piperidine rings is 1. The Bertz CT molecular complexity index is 526. The molecule has 0 saturated carbocycles. The van der Waals surface area contributed by atoms with Crippen molar-refractivity contribution in [1.82, 2.24) is 14.8 Å². The standard InChI is InChI=1S/C16H25N3O2/c1-11(2)19-7-5-14(6-8-19)17-16(21)15-9-13(12(3)20)10-18(15)4/h9-11,14H,5-8H2,1-4H3,(H,17,21). The lowest BCUT2D eigenvalue weighted by molar-refractivity contribution is 0.0892. The number of aryl methyl sites for hydroxylation is 1. The quantitative estimate of drug-likeness (QED) is 0.861. The minimum absolute atomic E-state index is 0.0186. The smallest absolute Gasteiger partial charge is 0.268 e. The highest BCUT2D eigenvalue weighted by Crippen LogP contribution is 2.14. The number of likely N-dealkylation sites (tertiary alicyclic amines) is 1. The third kappa shape index (κ3) is 3.73. The summed E-state index contributed by atoms with van der Waals surface area (Å²) >= 11 is 0. The van der Waals surface area contributed by atoms with Crippen molar-refractivity contribution in [1.29, 1.82) is 0 Å². The van der Waals surface area contributed by atoms with Crippen LogP contribution >= 0.6 is 0 Å². The molecule has 0 aromatic carbocycles. The minimum Gasteiger partial charge on any atom is -0.348 e. The lowest BCUT2D eigenvalue weighted by Crippen LogP contribution is -2.46. The lowest BCUT2D eigenvalue weighted by atomic mass is 10.0. The fourth-order valence-corrected chi connectivity index (χ4v) is 2.80. The Morgan fingerprint density at radius 3 is 2.38 bits per heavy atom. The summed E-state index contributed by atoms with van der Waals surface area (Å²) in [6, 6.07) is 2.46. The highest BCUT2D eigenvalue weighted by Gasteiger charge is 2.23. The maximum absolute atomic E-state index is 12.3. The molecule has 2 heterocycles. The summed E-state index contributed by atoms with van der Waals surface area (Å²) in [7, 11) is 1.79. The molecule has 1 aromatic heterocycles. The normalized spacial score (nSPS) is 17.2. The lowest BCUT2D eigenvalue weighted by Gasteiger charge is -2.34. The fourth-order valence-electron chi connectivity index (χ4n) is 2.80. The van der Waals surface area contributed by atoms with Gasteiger partial charge in [0.15, 0.2) is 5.78 Å². The SMILES string of the molecule is CC(=O)c1cc(C(=O)NC2CCN(C(C)C)CC2)n(C)c1. The molecule has 1 N–H and O–H groups in total. The van der Waals surface area contributed by atoms with Crippen molar-refractivity contribution < 1.29 is 9.59 Å². The molecule has 5 heteroatoms. The molecule has 21 heavy (non-hydrogen) atoms. The van der Waals surface area contributed by atoms with Crippen LogP contribution in [0.2, 0.25) is 0 Å². The van der Waals surface area contributed by atoms with E-state index in [1.807, 2.05) is 0 Å². The van der Waals surface area contributed by atoms with Crippen LogP contribution in [0.1, 0.15) is 54.5 Å². The Labute approximate surface area is 126 Å². The predicted molar refractivity (Wildman–Crippen MR) is 82.6 cm³/mol. The molecule has 0 aliphatic carbocycles. The fraction of sp³-hybridized carbons (Fsp3) is 0.625. The molecule has 0 atom stereocenters. The zero-order chi connectivity index (χ0) is 15.6. The van der Waals surface area contributed by atoms with Gasteiger partial charge < -0.3 is 14.8 Å². The van der Waals surface area contributed by atoms with Gasteiger partial charge in [-0.15, -0.1) is 0 Å². The van der Waals surface area contributed by atoms with E-state index in [-0.39, 0.29) is 17.7 Å². The summed E-state index contributed by atoms with van der Waals surface area (Å²) in [6.07, 6.45) is 3.67. The molecule has 116 valence electrons. The summed E-state index contributed by atoms with van der Waals surface area (Å²) in [5.74, 6) is -0.108. The van der Waals surface area contributed by atoms with Gasteiger partial charge >= 0.3 is 0 Å². The third-order valence-corrected chi connectivity index (χ3v) is 4.24. The van der Waals surface area contributed by atoms with Crippen molar-refractivity contribution in [2.75, 3.05) is 13.1 Å². The number of Topliss-reactive ketones (excluding diaryl/α,β-unsaturated/α-hetero) is 1. The average Bonchev–Trinajstić information content (AvgIpc) is 2.81. The van der Waals surface area contributed by atoms with E-state index in [1.54, 1.807) is 23.9 Å². The topological polar surface area (TPSA) is 54.3 Å². The van der Waals surface area contributed by atoms with Crippen molar-refractivity contribution >= 4 is 11.7 Å². The number of carbonyl (C=O) groups is 2. The molecule has 1 aliphatic heterocycles. The van der Waals surface area contributed by atoms with Gasteiger partial charge in [-0.05, 0) is 39.7 Å². The van der Waals surface area contributed by atoms with E-state index in [4.69, 9.17) is 0 Å². The van der Waals surface area contributed by atoms with Crippen molar-refractivity contribution in [3.63, 3.8) is 0 Å². The van der Waals surface area contributed by atoms with Crippen molar-refractivity contribution in [2.24, 2.45) is 7.05 Å². The summed E-state index contributed by atoms with van der Waals surface area (Å²) in [5, 5.41) is 3.09. The van der Waals surface area contributed by atoms with E-state index in [9.17, 15) is 9.59 Å². The zero-order valence-corrected chi connectivity index (χ0v) is 13.3. The Kier molecular flexibility index (Phi) is 4.83. The molecule has 1 fully saturated rings. The van der Waals surface area contributed by atoms with Crippen LogP contribution in [0.25, 0.3) is 0 Å². The number of hydrogen-bond donors (Lipinski definition) is 1. The van der Waals surface area contributed by atoms with E-state index < -0.39 is 0 Å². The minimum atomic E-state index is -0.0898. The first-order chi connectivity index (χ1) is 9.88. The number of hydrogen-bond acceptors (Lipinski definition) is 3. The summed E-state index contributed by atoms with van der Waals surface area (Å²) in [4.78, 5) is 26.1. The molecular formula is C16H25N3O2. The van der Waals surface area contributed by atoms with Gasteiger partial charge in [0.1, 0.15) is 5.69 Å². The van der Waals surface area contributed by atoms with Crippen LogP contribution in [-0.2, 0) is 7.05 Å². The number of rotatable bonds is 4. The van der Waals surface area contributed by atoms with Crippen LogP contribution in [0.5, 0.6) is 0 Å². The number of amides is 1. The molecule has 1 aliphatic rings. The van der Waals surface area contributed by atoms with Crippen LogP contribution in [-0.4, -0.2) is 46.3 Å². The predicted octanol–water partition coefficient (Wildman–Crippen LogP) is 1.83. The summed E-state index contributed by atoms with van der Waals surface area (Å²) in [5.41, 5.74) is 1.13. The molecular weight excluding hydrogens is 266 g/mol. The third-order valence-electron chi connectivity index (χ3n) is 4.24. The van der Waals surface area contributed by atoms with Crippen LogP contribution < -0.4 is 5.32 Å². The van der Waals surface area contributed by atoms with Gasteiger partial charge in [-0.1, -0.05) is 0 Å². The van der Waals surface area contributed by atoms with Crippen LogP contribution in [0.15, 0.2) is 12.3 Å².